The van der Waals surface area contributed by atoms with Gasteiger partial charge in [-0.1, -0.05) is 24.3 Å². The van der Waals surface area contributed by atoms with Crippen LogP contribution in [0.4, 0.5) is 0 Å². The van der Waals surface area contributed by atoms with Crippen molar-refractivity contribution in [2.24, 2.45) is 0 Å². The maximum absolute atomic E-state index is 13.3. The van der Waals surface area contributed by atoms with Gasteiger partial charge >= 0.3 is 0 Å². The number of likely N-dealkylation sites (N-methyl/N-ethyl adjacent to an activating group) is 1. The SMILES string of the molecule is CN(C)CCN1C(=O)C(O)=C(C(=O)c2cc3ccccc3o2)[C@H]1c1cccs1. The van der Waals surface area contributed by atoms with Crippen LogP contribution in [0.1, 0.15) is 21.5 Å². The molecule has 0 radical (unpaired) electrons. The number of thiophene rings is 1. The minimum Gasteiger partial charge on any atom is -0.503 e. The van der Waals surface area contributed by atoms with Gasteiger partial charge in [-0.15, -0.1) is 11.3 Å². The summed E-state index contributed by atoms with van der Waals surface area (Å²) in [7, 11) is 3.82. The van der Waals surface area contributed by atoms with E-state index in [9.17, 15) is 14.7 Å². The van der Waals surface area contributed by atoms with Crippen LogP contribution in [0, 0.1) is 0 Å². The summed E-state index contributed by atoms with van der Waals surface area (Å²) in [5, 5.41) is 13.3. The summed E-state index contributed by atoms with van der Waals surface area (Å²) in [6, 6.07) is 12.1. The molecule has 0 saturated carbocycles. The zero-order valence-electron chi connectivity index (χ0n) is 15.6. The fourth-order valence-electron chi connectivity index (χ4n) is 3.39. The summed E-state index contributed by atoms with van der Waals surface area (Å²) in [6.45, 7) is 1.02. The third-order valence-electron chi connectivity index (χ3n) is 4.80. The number of nitrogens with zero attached hydrogens (tertiary/aromatic N) is 2. The number of amides is 1. The van der Waals surface area contributed by atoms with Crippen LogP contribution in [0.5, 0.6) is 0 Å². The van der Waals surface area contributed by atoms with Crippen molar-refractivity contribution in [3.05, 3.63) is 69.8 Å². The number of carbonyl (C=O) groups is 2. The predicted octanol–water partition coefficient (Wildman–Crippen LogP) is 3.63. The zero-order chi connectivity index (χ0) is 19.8. The molecule has 1 aliphatic heterocycles. The summed E-state index contributed by atoms with van der Waals surface area (Å²) in [5.41, 5.74) is 0.665. The topological polar surface area (TPSA) is 74.0 Å². The average molecular weight is 396 g/mol. The quantitative estimate of drug-likeness (QED) is 0.644. The second-order valence-electron chi connectivity index (χ2n) is 6.96. The number of ketones is 1. The van der Waals surface area contributed by atoms with Gasteiger partial charge in [0.05, 0.1) is 11.6 Å². The van der Waals surface area contributed by atoms with E-state index in [2.05, 4.69) is 0 Å². The lowest BCUT2D eigenvalue weighted by Gasteiger charge is -2.26. The summed E-state index contributed by atoms with van der Waals surface area (Å²) in [5.74, 6) is -1.37. The summed E-state index contributed by atoms with van der Waals surface area (Å²) >= 11 is 1.45. The molecule has 144 valence electrons. The number of rotatable bonds is 6. The van der Waals surface area contributed by atoms with E-state index < -0.39 is 23.5 Å². The smallest absolute Gasteiger partial charge is 0.290 e. The van der Waals surface area contributed by atoms with Crippen molar-refractivity contribution in [1.29, 1.82) is 0 Å². The van der Waals surface area contributed by atoms with Crippen molar-refractivity contribution in [2.45, 2.75) is 6.04 Å². The molecular formula is C21H20N2O4S. The Morgan fingerprint density at radius 2 is 2.04 bits per heavy atom. The number of fused-ring (bicyclic) bond motifs is 1. The Bertz CT molecular complexity index is 1030. The zero-order valence-corrected chi connectivity index (χ0v) is 16.4. The summed E-state index contributed by atoms with van der Waals surface area (Å²) in [4.78, 5) is 30.4. The van der Waals surface area contributed by atoms with E-state index in [0.717, 1.165) is 10.3 Å². The number of carbonyl (C=O) groups excluding carboxylic acids is 2. The van der Waals surface area contributed by atoms with Gasteiger partial charge in [0.1, 0.15) is 5.58 Å². The summed E-state index contributed by atoms with van der Waals surface area (Å²) in [6.07, 6.45) is 0. The molecule has 2 aromatic heterocycles. The highest BCUT2D eigenvalue weighted by molar-refractivity contribution is 7.10. The molecule has 6 nitrogen and oxygen atoms in total. The van der Waals surface area contributed by atoms with Crippen LogP contribution < -0.4 is 0 Å². The normalized spacial score (nSPS) is 17.3. The lowest BCUT2D eigenvalue weighted by Crippen LogP contribution is -2.36. The number of furan rings is 1. The van der Waals surface area contributed by atoms with Gasteiger partial charge in [0.15, 0.2) is 11.5 Å². The Morgan fingerprint density at radius 3 is 2.71 bits per heavy atom. The molecule has 1 N–H and O–H groups in total. The number of para-hydroxylation sites is 1. The van der Waals surface area contributed by atoms with Gasteiger partial charge in [0, 0.05) is 23.4 Å². The van der Waals surface area contributed by atoms with E-state index in [1.807, 2.05) is 54.7 Å². The Balaban J connectivity index is 1.76. The Hall–Kier alpha value is -2.90. The van der Waals surface area contributed by atoms with Crippen molar-refractivity contribution in [2.75, 3.05) is 27.2 Å². The van der Waals surface area contributed by atoms with Gasteiger partial charge in [-0.2, -0.15) is 0 Å². The second kappa shape index (κ2) is 7.26. The van der Waals surface area contributed by atoms with Gasteiger partial charge in [-0.25, -0.2) is 0 Å². The van der Waals surface area contributed by atoms with Gasteiger partial charge < -0.3 is 19.3 Å². The van der Waals surface area contributed by atoms with Crippen LogP contribution in [0.15, 0.2) is 63.6 Å². The van der Waals surface area contributed by atoms with E-state index in [0.29, 0.717) is 18.7 Å². The molecule has 1 aliphatic rings. The van der Waals surface area contributed by atoms with Crippen LogP contribution in [-0.2, 0) is 4.79 Å². The van der Waals surface area contributed by atoms with Crippen molar-refractivity contribution >= 4 is 34.0 Å². The van der Waals surface area contributed by atoms with Gasteiger partial charge in [0.2, 0.25) is 5.78 Å². The third-order valence-corrected chi connectivity index (χ3v) is 5.72. The molecule has 1 atom stereocenters. The molecule has 3 heterocycles. The van der Waals surface area contributed by atoms with E-state index in [-0.39, 0.29) is 11.3 Å². The molecule has 1 aromatic carbocycles. The van der Waals surface area contributed by atoms with Crippen molar-refractivity contribution in [3.63, 3.8) is 0 Å². The first-order chi connectivity index (χ1) is 13.5. The van der Waals surface area contributed by atoms with Crippen molar-refractivity contribution in [3.8, 4) is 0 Å². The predicted molar refractivity (Wildman–Crippen MR) is 108 cm³/mol. The number of aliphatic hydroxyl groups excluding tert-OH is 1. The number of hydrogen-bond acceptors (Lipinski definition) is 6. The maximum Gasteiger partial charge on any atom is 0.290 e. The van der Waals surface area contributed by atoms with E-state index in [1.54, 1.807) is 17.0 Å². The fraction of sp³-hybridized carbons (Fsp3) is 0.238. The molecule has 7 heteroatoms. The highest BCUT2D eigenvalue weighted by atomic mass is 32.1. The van der Waals surface area contributed by atoms with Gasteiger partial charge in [0.25, 0.3) is 5.91 Å². The molecule has 0 spiro atoms. The molecule has 0 unspecified atom stereocenters. The van der Waals surface area contributed by atoms with Crippen LogP contribution in [0.25, 0.3) is 11.0 Å². The first-order valence-corrected chi connectivity index (χ1v) is 9.81. The first kappa shape index (κ1) is 18.5. The Kier molecular flexibility index (Phi) is 4.78. The third kappa shape index (κ3) is 3.12. The largest absolute Gasteiger partial charge is 0.503 e. The van der Waals surface area contributed by atoms with Crippen LogP contribution in [-0.4, -0.2) is 53.8 Å². The van der Waals surface area contributed by atoms with Crippen LogP contribution in [0.3, 0.4) is 0 Å². The number of aliphatic hydroxyl groups is 1. The second-order valence-corrected chi connectivity index (χ2v) is 7.94. The molecule has 0 bridgehead atoms. The number of benzene rings is 1. The molecule has 0 fully saturated rings. The average Bonchev–Trinajstić information content (AvgIpc) is 3.39. The lowest BCUT2D eigenvalue weighted by atomic mass is 10.00. The Labute approximate surface area is 166 Å². The van der Waals surface area contributed by atoms with Crippen LogP contribution >= 0.6 is 11.3 Å². The van der Waals surface area contributed by atoms with E-state index >= 15 is 0 Å². The minimum atomic E-state index is -0.617. The molecule has 4 rings (SSSR count). The molecule has 28 heavy (non-hydrogen) atoms. The highest BCUT2D eigenvalue weighted by Crippen LogP contribution is 2.41. The monoisotopic (exact) mass is 396 g/mol. The lowest BCUT2D eigenvalue weighted by molar-refractivity contribution is -0.129. The van der Waals surface area contributed by atoms with Crippen molar-refractivity contribution < 1.29 is 19.1 Å². The maximum atomic E-state index is 13.3. The molecule has 0 aliphatic carbocycles. The molecule has 3 aromatic rings. The standard InChI is InChI=1S/C21H20N2O4S/c1-22(2)9-10-23-18(16-8-5-11-28-16)17(20(25)21(23)26)19(24)15-12-13-6-3-4-7-14(13)27-15/h3-8,11-12,18,25H,9-10H2,1-2H3/t18-/m1/s1. The molecule has 1 amide bonds. The highest BCUT2D eigenvalue weighted by Gasteiger charge is 2.44. The van der Waals surface area contributed by atoms with Crippen LogP contribution in [0.2, 0.25) is 0 Å². The van der Waals surface area contributed by atoms with Gasteiger partial charge in [-0.05, 0) is 37.7 Å². The number of hydrogen-bond donors (Lipinski definition) is 1. The van der Waals surface area contributed by atoms with E-state index in [1.165, 1.54) is 11.3 Å². The van der Waals surface area contributed by atoms with Crippen molar-refractivity contribution in [1.82, 2.24) is 9.80 Å². The molecular weight excluding hydrogens is 376 g/mol. The first-order valence-electron chi connectivity index (χ1n) is 8.93. The summed E-state index contributed by atoms with van der Waals surface area (Å²) < 4.78 is 5.70. The minimum absolute atomic E-state index is 0.0743. The Morgan fingerprint density at radius 1 is 1.25 bits per heavy atom. The molecule has 0 saturated heterocycles. The number of Topliss-reactive ketones (excluding diaryl/α,β-unsaturated/α-hetero) is 1. The van der Waals surface area contributed by atoms with Gasteiger partial charge in [-0.3, -0.25) is 9.59 Å². The van der Waals surface area contributed by atoms with E-state index in [4.69, 9.17) is 4.42 Å². The fourth-order valence-corrected chi connectivity index (χ4v) is 4.24.